The molecule has 14 heavy (non-hydrogen) atoms. The Hall–Kier alpha value is -1.26. The molecule has 1 fully saturated rings. The molecule has 0 radical (unpaired) electrons. The first-order valence-electron chi connectivity index (χ1n) is 4.45. The number of anilines is 1. The monoisotopic (exact) mass is 202 g/mol. The minimum Gasteiger partial charge on any atom is -0.365 e. The van der Waals surface area contributed by atoms with Gasteiger partial charge in [0, 0.05) is 12.1 Å². The Morgan fingerprint density at radius 1 is 1.21 bits per heavy atom. The fraction of sp³-hybridized carbons (Fsp3) is 0.444. The van der Waals surface area contributed by atoms with E-state index in [1.54, 1.807) is 0 Å². The first-order valence-corrected chi connectivity index (χ1v) is 4.45. The molecule has 0 spiro atoms. The van der Waals surface area contributed by atoms with E-state index >= 15 is 0 Å². The van der Waals surface area contributed by atoms with E-state index in [0.29, 0.717) is 6.07 Å². The molecule has 0 saturated heterocycles. The van der Waals surface area contributed by atoms with Crippen LogP contribution in [0.15, 0.2) is 6.07 Å². The molecule has 5 heteroatoms. The summed E-state index contributed by atoms with van der Waals surface area (Å²) in [7, 11) is 0. The van der Waals surface area contributed by atoms with Gasteiger partial charge in [-0.3, -0.25) is 0 Å². The summed E-state index contributed by atoms with van der Waals surface area (Å²) in [5.41, 5.74) is 0. The van der Waals surface area contributed by atoms with Gasteiger partial charge in [-0.1, -0.05) is 0 Å². The molecule has 1 aromatic heterocycles. The van der Waals surface area contributed by atoms with Gasteiger partial charge in [-0.15, -0.1) is 0 Å². The third kappa shape index (κ3) is 1.66. The van der Waals surface area contributed by atoms with Crippen molar-refractivity contribution < 1.29 is 13.2 Å². The summed E-state index contributed by atoms with van der Waals surface area (Å²) in [5, 5.41) is 2.72. The van der Waals surface area contributed by atoms with Gasteiger partial charge in [0.05, 0.1) is 0 Å². The highest BCUT2D eigenvalue weighted by molar-refractivity contribution is 5.37. The number of hydrogen-bond acceptors (Lipinski definition) is 2. The van der Waals surface area contributed by atoms with Crippen molar-refractivity contribution in [2.24, 2.45) is 0 Å². The van der Waals surface area contributed by atoms with Crippen molar-refractivity contribution in [3.05, 3.63) is 23.6 Å². The van der Waals surface area contributed by atoms with Crippen LogP contribution in [0.3, 0.4) is 0 Å². The molecule has 1 aromatic rings. The van der Waals surface area contributed by atoms with Crippen molar-refractivity contribution in [2.75, 3.05) is 5.32 Å². The molecule has 76 valence electrons. The number of nitrogens with one attached hydrogen (secondary N) is 1. The van der Waals surface area contributed by atoms with Gasteiger partial charge in [0.2, 0.25) is 0 Å². The third-order valence-electron chi connectivity index (χ3n) is 2.33. The van der Waals surface area contributed by atoms with Crippen LogP contribution in [0.2, 0.25) is 0 Å². The largest absolute Gasteiger partial charge is 0.365 e. The first kappa shape index (κ1) is 9.30. The smallest absolute Gasteiger partial charge is 0.251 e. The fourth-order valence-corrected chi connectivity index (χ4v) is 1.29. The normalized spacial score (nSPS) is 16.5. The topological polar surface area (TPSA) is 24.9 Å². The minimum absolute atomic E-state index is 0.141. The molecule has 0 aliphatic heterocycles. The molecule has 0 atom stereocenters. The van der Waals surface area contributed by atoms with Crippen LogP contribution < -0.4 is 5.32 Å². The summed E-state index contributed by atoms with van der Waals surface area (Å²) in [5.74, 6) is -3.58. The van der Waals surface area contributed by atoms with Gasteiger partial charge in [0.15, 0.2) is 17.5 Å². The average Bonchev–Trinajstić information content (AvgIpc) is 2.06. The molecule has 1 N–H and O–H groups in total. The van der Waals surface area contributed by atoms with Crippen molar-refractivity contribution in [1.29, 1.82) is 0 Å². The second kappa shape index (κ2) is 3.48. The van der Waals surface area contributed by atoms with E-state index in [1.807, 2.05) is 0 Å². The van der Waals surface area contributed by atoms with E-state index < -0.39 is 17.6 Å². The van der Waals surface area contributed by atoms with E-state index in [-0.39, 0.29) is 11.9 Å². The summed E-state index contributed by atoms with van der Waals surface area (Å²) in [4.78, 5) is 3.17. The lowest BCUT2D eigenvalue weighted by atomic mass is 9.93. The second-order valence-corrected chi connectivity index (χ2v) is 3.36. The zero-order valence-corrected chi connectivity index (χ0v) is 7.36. The van der Waals surface area contributed by atoms with Gasteiger partial charge < -0.3 is 5.32 Å². The summed E-state index contributed by atoms with van der Waals surface area (Å²) in [6.45, 7) is 0. The summed E-state index contributed by atoms with van der Waals surface area (Å²) in [6.07, 6.45) is 2.91. The van der Waals surface area contributed by atoms with Crippen molar-refractivity contribution in [2.45, 2.75) is 25.3 Å². The van der Waals surface area contributed by atoms with Crippen LogP contribution in [0.1, 0.15) is 19.3 Å². The van der Waals surface area contributed by atoms with Crippen LogP contribution in [-0.2, 0) is 0 Å². The number of rotatable bonds is 2. The Morgan fingerprint density at radius 2 is 1.93 bits per heavy atom. The first-order chi connectivity index (χ1) is 6.66. The Labute approximate surface area is 79.2 Å². The molecular weight excluding hydrogens is 193 g/mol. The molecular formula is C9H9F3N2. The standard InChI is InChI=1S/C9H9F3N2/c10-6-4-7(11)9(14-8(6)12)13-5-2-1-3-5/h4-5H,1-3H2,(H,13,14). The molecule has 0 amide bonds. The second-order valence-electron chi connectivity index (χ2n) is 3.36. The Morgan fingerprint density at radius 3 is 2.50 bits per heavy atom. The third-order valence-corrected chi connectivity index (χ3v) is 2.33. The van der Waals surface area contributed by atoms with E-state index in [0.717, 1.165) is 19.3 Å². The highest BCUT2D eigenvalue weighted by Gasteiger charge is 2.20. The zero-order valence-electron chi connectivity index (χ0n) is 7.36. The van der Waals surface area contributed by atoms with Gasteiger partial charge in [0.25, 0.3) is 5.95 Å². The minimum atomic E-state index is -1.27. The van der Waals surface area contributed by atoms with E-state index in [4.69, 9.17) is 0 Å². The maximum atomic E-state index is 13.0. The Kier molecular flexibility index (Phi) is 2.31. The molecule has 0 unspecified atom stereocenters. The summed E-state index contributed by atoms with van der Waals surface area (Å²) < 4.78 is 38.1. The van der Waals surface area contributed by atoms with Crippen molar-refractivity contribution in [3.63, 3.8) is 0 Å². The van der Waals surface area contributed by atoms with Crippen LogP contribution >= 0.6 is 0 Å². The van der Waals surface area contributed by atoms with Gasteiger partial charge in [-0.05, 0) is 19.3 Å². The molecule has 2 nitrogen and oxygen atoms in total. The van der Waals surface area contributed by atoms with E-state index in [9.17, 15) is 13.2 Å². The lowest BCUT2D eigenvalue weighted by molar-refractivity contribution is 0.433. The fourth-order valence-electron chi connectivity index (χ4n) is 1.29. The molecule has 0 bridgehead atoms. The zero-order chi connectivity index (χ0) is 10.1. The number of pyridine rings is 1. The van der Waals surface area contributed by atoms with Crippen LogP contribution in [0, 0.1) is 17.6 Å². The number of halogens is 3. The predicted octanol–water partition coefficient (Wildman–Crippen LogP) is 2.46. The van der Waals surface area contributed by atoms with Crippen LogP contribution in [0.25, 0.3) is 0 Å². The van der Waals surface area contributed by atoms with Crippen molar-refractivity contribution in [3.8, 4) is 0 Å². The average molecular weight is 202 g/mol. The van der Waals surface area contributed by atoms with E-state index in [2.05, 4.69) is 10.3 Å². The van der Waals surface area contributed by atoms with Crippen LogP contribution in [0.5, 0.6) is 0 Å². The van der Waals surface area contributed by atoms with Gasteiger partial charge >= 0.3 is 0 Å². The summed E-state index contributed by atoms with van der Waals surface area (Å²) in [6, 6.07) is 0.644. The maximum absolute atomic E-state index is 13.0. The molecule has 2 rings (SSSR count). The quantitative estimate of drug-likeness (QED) is 0.745. The van der Waals surface area contributed by atoms with Crippen molar-refractivity contribution >= 4 is 5.82 Å². The highest BCUT2D eigenvalue weighted by Crippen LogP contribution is 2.24. The molecule has 1 heterocycles. The SMILES string of the molecule is Fc1cc(F)c(NC2CCC2)nc1F. The predicted molar refractivity (Wildman–Crippen MR) is 45.4 cm³/mol. The lowest BCUT2D eigenvalue weighted by Crippen LogP contribution is -2.28. The van der Waals surface area contributed by atoms with Gasteiger partial charge in [0.1, 0.15) is 0 Å². The molecule has 1 aliphatic rings. The van der Waals surface area contributed by atoms with Crippen LogP contribution in [-0.4, -0.2) is 11.0 Å². The van der Waals surface area contributed by atoms with Gasteiger partial charge in [-0.2, -0.15) is 9.37 Å². The Bertz CT molecular complexity index is 350. The Balaban J connectivity index is 2.19. The molecule has 0 aromatic carbocycles. The van der Waals surface area contributed by atoms with Crippen molar-refractivity contribution in [1.82, 2.24) is 4.98 Å². The maximum Gasteiger partial charge on any atom is 0.251 e. The summed E-state index contributed by atoms with van der Waals surface area (Å²) >= 11 is 0. The number of aromatic nitrogens is 1. The molecule has 1 saturated carbocycles. The number of hydrogen-bond donors (Lipinski definition) is 1. The molecule has 1 aliphatic carbocycles. The number of nitrogens with zero attached hydrogens (tertiary/aromatic N) is 1. The highest BCUT2D eigenvalue weighted by atomic mass is 19.2. The van der Waals surface area contributed by atoms with E-state index in [1.165, 1.54) is 0 Å². The van der Waals surface area contributed by atoms with Crippen LogP contribution in [0.4, 0.5) is 19.0 Å². The lowest BCUT2D eigenvalue weighted by Gasteiger charge is -2.26. The van der Waals surface area contributed by atoms with Gasteiger partial charge in [-0.25, -0.2) is 8.78 Å².